The van der Waals surface area contributed by atoms with Crippen LogP contribution in [0.3, 0.4) is 0 Å². The molecule has 4 nitrogen and oxygen atoms in total. The minimum atomic E-state index is -0.162. The number of hydrogen-bond donors (Lipinski definition) is 2. The first-order valence-corrected chi connectivity index (χ1v) is 6.14. The SMILES string of the molecule is CCCCC(C)NC(=O)c1cc(N)nc(Cl)c1. The lowest BCUT2D eigenvalue weighted by molar-refractivity contribution is 0.0938. The van der Waals surface area contributed by atoms with Gasteiger partial charge >= 0.3 is 0 Å². The van der Waals surface area contributed by atoms with Gasteiger partial charge in [-0.05, 0) is 25.5 Å². The van der Waals surface area contributed by atoms with E-state index in [1.165, 1.54) is 12.1 Å². The van der Waals surface area contributed by atoms with Crippen LogP contribution in [-0.2, 0) is 0 Å². The molecule has 17 heavy (non-hydrogen) atoms. The topological polar surface area (TPSA) is 68.0 Å². The molecule has 1 aromatic heterocycles. The molecule has 0 aliphatic heterocycles. The van der Waals surface area contributed by atoms with Gasteiger partial charge < -0.3 is 11.1 Å². The highest BCUT2D eigenvalue weighted by atomic mass is 35.5. The Morgan fingerprint density at radius 1 is 1.59 bits per heavy atom. The van der Waals surface area contributed by atoms with Gasteiger partial charge in [0.1, 0.15) is 11.0 Å². The maximum absolute atomic E-state index is 11.9. The Bertz CT molecular complexity index is 375. The molecule has 1 rings (SSSR count). The fraction of sp³-hybridized carbons (Fsp3) is 0.500. The molecule has 0 spiro atoms. The maximum atomic E-state index is 11.9. The molecule has 94 valence electrons. The van der Waals surface area contributed by atoms with Gasteiger partial charge in [0.15, 0.2) is 0 Å². The van der Waals surface area contributed by atoms with Crippen molar-refractivity contribution in [2.75, 3.05) is 5.73 Å². The van der Waals surface area contributed by atoms with E-state index in [2.05, 4.69) is 17.2 Å². The average Bonchev–Trinajstić information content (AvgIpc) is 2.25. The largest absolute Gasteiger partial charge is 0.384 e. The molecular weight excluding hydrogens is 238 g/mol. The average molecular weight is 256 g/mol. The number of nitrogens with zero attached hydrogens (tertiary/aromatic N) is 1. The van der Waals surface area contributed by atoms with Gasteiger partial charge in [-0.15, -0.1) is 0 Å². The molecule has 1 heterocycles. The van der Waals surface area contributed by atoms with Crippen LogP contribution in [0.25, 0.3) is 0 Å². The summed E-state index contributed by atoms with van der Waals surface area (Å²) in [7, 11) is 0. The molecule has 1 unspecified atom stereocenters. The van der Waals surface area contributed by atoms with Gasteiger partial charge in [0.2, 0.25) is 0 Å². The number of nitrogens with one attached hydrogen (secondary N) is 1. The Labute approximate surface area is 107 Å². The van der Waals surface area contributed by atoms with Crippen molar-refractivity contribution in [3.8, 4) is 0 Å². The van der Waals surface area contributed by atoms with E-state index in [1.807, 2.05) is 6.92 Å². The second kappa shape index (κ2) is 6.45. The minimum absolute atomic E-state index is 0.149. The van der Waals surface area contributed by atoms with Crippen LogP contribution in [0.4, 0.5) is 5.82 Å². The molecule has 0 bridgehead atoms. The van der Waals surface area contributed by atoms with Crippen LogP contribution >= 0.6 is 11.6 Å². The number of unbranched alkanes of at least 4 members (excludes halogenated alkanes) is 1. The number of halogens is 1. The summed E-state index contributed by atoms with van der Waals surface area (Å²) in [5.74, 6) is 0.0912. The van der Waals surface area contributed by atoms with Crippen molar-refractivity contribution in [2.45, 2.75) is 39.2 Å². The molecule has 0 radical (unpaired) electrons. The summed E-state index contributed by atoms with van der Waals surface area (Å²) in [6.45, 7) is 4.11. The number of nitrogen functional groups attached to an aromatic ring is 1. The van der Waals surface area contributed by atoms with Crippen molar-refractivity contribution in [3.05, 3.63) is 22.8 Å². The number of rotatable bonds is 5. The molecule has 3 N–H and O–H groups in total. The standard InChI is InChI=1S/C12H18ClN3O/c1-3-4-5-8(2)15-12(17)9-6-10(13)16-11(14)7-9/h6-8H,3-5H2,1-2H3,(H2,14,16)(H,15,17). The van der Waals surface area contributed by atoms with Crippen molar-refractivity contribution in [1.29, 1.82) is 0 Å². The minimum Gasteiger partial charge on any atom is -0.384 e. The zero-order valence-electron chi connectivity index (χ0n) is 10.2. The van der Waals surface area contributed by atoms with Crippen LogP contribution in [-0.4, -0.2) is 16.9 Å². The monoisotopic (exact) mass is 255 g/mol. The lowest BCUT2D eigenvalue weighted by Crippen LogP contribution is -2.32. The number of anilines is 1. The van der Waals surface area contributed by atoms with Crippen molar-refractivity contribution in [3.63, 3.8) is 0 Å². The number of pyridine rings is 1. The number of amides is 1. The van der Waals surface area contributed by atoms with E-state index >= 15 is 0 Å². The van der Waals surface area contributed by atoms with Crippen LogP contribution in [0, 0.1) is 0 Å². The smallest absolute Gasteiger partial charge is 0.251 e. The van der Waals surface area contributed by atoms with E-state index < -0.39 is 0 Å². The Kier molecular flexibility index (Phi) is 5.22. The van der Waals surface area contributed by atoms with Gasteiger partial charge in [0, 0.05) is 11.6 Å². The second-order valence-electron chi connectivity index (χ2n) is 4.12. The van der Waals surface area contributed by atoms with Gasteiger partial charge in [0.25, 0.3) is 5.91 Å². The first-order chi connectivity index (χ1) is 8.02. The third-order valence-corrected chi connectivity index (χ3v) is 2.64. The van der Waals surface area contributed by atoms with Crippen LogP contribution in [0.15, 0.2) is 12.1 Å². The van der Waals surface area contributed by atoms with Crippen molar-refractivity contribution in [2.24, 2.45) is 0 Å². The summed E-state index contributed by atoms with van der Waals surface area (Å²) in [4.78, 5) is 15.7. The van der Waals surface area contributed by atoms with Crippen LogP contribution in [0.1, 0.15) is 43.5 Å². The van der Waals surface area contributed by atoms with Crippen LogP contribution in [0.5, 0.6) is 0 Å². The predicted octanol–water partition coefficient (Wildman–Crippen LogP) is 2.63. The summed E-state index contributed by atoms with van der Waals surface area (Å²) in [6.07, 6.45) is 3.19. The number of hydrogen-bond acceptors (Lipinski definition) is 3. The first-order valence-electron chi connectivity index (χ1n) is 5.77. The highest BCUT2D eigenvalue weighted by Crippen LogP contribution is 2.12. The van der Waals surface area contributed by atoms with Crippen molar-refractivity contribution >= 4 is 23.3 Å². The number of nitrogens with two attached hydrogens (primary N) is 1. The third kappa shape index (κ3) is 4.61. The highest BCUT2D eigenvalue weighted by Gasteiger charge is 2.11. The predicted molar refractivity (Wildman–Crippen MR) is 70.1 cm³/mol. The van der Waals surface area contributed by atoms with E-state index in [1.54, 1.807) is 0 Å². The molecule has 0 aliphatic carbocycles. The lowest BCUT2D eigenvalue weighted by Gasteiger charge is -2.13. The van der Waals surface area contributed by atoms with E-state index in [-0.39, 0.29) is 22.9 Å². The zero-order valence-corrected chi connectivity index (χ0v) is 10.9. The normalized spacial score (nSPS) is 12.2. The van der Waals surface area contributed by atoms with Gasteiger partial charge in [-0.25, -0.2) is 4.98 Å². The first kappa shape index (κ1) is 13.8. The molecule has 5 heteroatoms. The van der Waals surface area contributed by atoms with Crippen LogP contribution < -0.4 is 11.1 Å². The summed E-state index contributed by atoms with van der Waals surface area (Å²) < 4.78 is 0. The van der Waals surface area contributed by atoms with E-state index in [0.29, 0.717) is 5.56 Å². The summed E-state index contributed by atoms with van der Waals surface area (Å²) in [5.41, 5.74) is 5.98. The summed E-state index contributed by atoms with van der Waals surface area (Å²) in [6, 6.07) is 3.18. The second-order valence-corrected chi connectivity index (χ2v) is 4.51. The molecule has 1 amide bonds. The molecule has 0 saturated carbocycles. The van der Waals surface area contributed by atoms with E-state index in [4.69, 9.17) is 17.3 Å². The Morgan fingerprint density at radius 2 is 2.29 bits per heavy atom. The number of carbonyl (C=O) groups excluding carboxylic acids is 1. The number of aromatic nitrogens is 1. The lowest BCUT2D eigenvalue weighted by atomic mass is 10.1. The van der Waals surface area contributed by atoms with Gasteiger partial charge in [-0.1, -0.05) is 31.4 Å². The third-order valence-electron chi connectivity index (χ3n) is 2.44. The molecular formula is C12H18ClN3O. The highest BCUT2D eigenvalue weighted by molar-refractivity contribution is 6.29. The maximum Gasteiger partial charge on any atom is 0.251 e. The summed E-state index contributed by atoms with van der Waals surface area (Å²) >= 11 is 5.74. The molecule has 0 aliphatic rings. The molecule has 0 saturated heterocycles. The fourth-order valence-electron chi connectivity index (χ4n) is 1.54. The number of carbonyl (C=O) groups is 1. The molecule has 0 aromatic carbocycles. The molecule has 1 aromatic rings. The van der Waals surface area contributed by atoms with Crippen molar-refractivity contribution < 1.29 is 4.79 Å². The van der Waals surface area contributed by atoms with Crippen molar-refractivity contribution in [1.82, 2.24) is 10.3 Å². The Hall–Kier alpha value is -1.29. The van der Waals surface area contributed by atoms with Gasteiger partial charge in [-0.3, -0.25) is 4.79 Å². The zero-order chi connectivity index (χ0) is 12.8. The molecule has 1 atom stereocenters. The van der Waals surface area contributed by atoms with Gasteiger partial charge in [-0.2, -0.15) is 0 Å². The van der Waals surface area contributed by atoms with E-state index in [9.17, 15) is 4.79 Å². The Morgan fingerprint density at radius 3 is 2.88 bits per heavy atom. The molecule has 0 fully saturated rings. The van der Waals surface area contributed by atoms with Gasteiger partial charge in [0.05, 0.1) is 0 Å². The van der Waals surface area contributed by atoms with E-state index in [0.717, 1.165) is 19.3 Å². The Balaban J connectivity index is 2.63. The summed E-state index contributed by atoms with van der Waals surface area (Å²) in [5, 5.41) is 3.14. The quantitative estimate of drug-likeness (QED) is 0.795. The fourth-order valence-corrected chi connectivity index (χ4v) is 1.75. The van der Waals surface area contributed by atoms with Crippen LogP contribution in [0.2, 0.25) is 5.15 Å².